The molecule has 2 aromatic heterocycles. The van der Waals surface area contributed by atoms with Gasteiger partial charge in [-0.15, -0.1) is 10.2 Å². The summed E-state index contributed by atoms with van der Waals surface area (Å²) in [5.74, 6) is 3.46. The van der Waals surface area contributed by atoms with Crippen LogP contribution in [0.15, 0.2) is 60.7 Å². The molecule has 0 radical (unpaired) electrons. The van der Waals surface area contributed by atoms with Crippen molar-refractivity contribution in [2.45, 2.75) is 64.8 Å². The smallest absolute Gasteiger partial charge is 0.205 e. The van der Waals surface area contributed by atoms with Crippen LogP contribution in [-0.2, 0) is 19.4 Å². The van der Waals surface area contributed by atoms with Gasteiger partial charge in [0.1, 0.15) is 5.82 Å². The summed E-state index contributed by atoms with van der Waals surface area (Å²) in [6.45, 7) is 2.81. The molecule has 4 aromatic rings. The number of tetrazole rings is 1. The topological polar surface area (TPSA) is 85.2 Å². The second-order valence-corrected chi connectivity index (χ2v) is 9.39. The van der Waals surface area contributed by atoms with E-state index >= 15 is 0 Å². The molecule has 7 nitrogen and oxygen atoms in total. The van der Waals surface area contributed by atoms with E-state index in [0.29, 0.717) is 5.82 Å². The van der Waals surface area contributed by atoms with Crippen LogP contribution < -0.4 is 0 Å². The molecule has 0 saturated heterocycles. The molecule has 1 saturated carbocycles. The highest BCUT2D eigenvalue weighted by Gasteiger charge is 2.16. The minimum atomic E-state index is 0.600. The van der Waals surface area contributed by atoms with Crippen LogP contribution in [0.25, 0.3) is 22.5 Å². The Morgan fingerprint density at radius 3 is 2.54 bits per heavy atom. The SMILES string of the molecule is CC=CCn1nc(CCC2CCCCC2)nc1Cc1ccc(-c2ccccc2-c2nn[nH]n2)cc1. The molecule has 0 aliphatic heterocycles. The average molecular weight is 468 g/mol. The number of nitrogens with zero attached hydrogens (tertiary/aromatic N) is 6. The van der Waals surface area contributed by atoms with Crippen LogP contribution in [0.1, 0.15) is 62.7 Å². The van der Waals surface area contributed by atoms with E-state index < -0.39 is 0 Å². The number of aryl methyl sites for hydroxylation is 1. The van der Waals surface area contributed by atoms with Gasteiger partial charge in [0.2, 0.25) is 5.82 Å². The zero-order valence-electron chi connectivity index (χ0n) is 20.4. The molecule has 0 spiro atoms. The van der Waals surface area contributed by atoms with Crippen LogP contribution in [0.2, 0.25) is 0 Å². The minimum Gasteiger partial charge on any atom is -0.246 e. The standard InChI is InChI=1S/C28H33N7/c1-2-3-19-35-27(29-26(32-35)18-15-21-9-5-4-6-10-21)20-22-13-16-23(17-14-22)24-11-7-8-12-25(24)28-30-33-34-31-28/h2-3,7-8,11-14,16-17,21H,4-6,9-10,15,18-20H2,1H3,(H,30,31,33,34). The zero-order chi connectivity index (χ0) is 23.9. The molecule has 1 aliphatic carbocycles. The third-order valence-electron chi connectivity index (χ3n) is 6.95. The van der Waals surface area contributed by atoms with E-state index in [1.54, 1.807) is 0 Å². The fourth-order valence-electron chi connectivity index (χ4n) is 5.01. The summed E-state index contributed by atoms with van der Waals surface area (Å²) in [4.78, 5) is 4.96. The van der Waals surface area contributed by atoms with Crippen molar-refractivity contribution in [2.24, 2.45) is 5.92 Å². The maximum absolute atomic E-state index is 4.96. The Morgan fingerprint density at radius 2 is 1.80 bits per heavy atom. The summed E-state index contributed by atoms with van der Waals surface area (Å²) >= 11 is 0. The molecule has 0 bridgehead atoms. The van der Waals surface area contributed by atoms with Gasteiger partial charge in [0.25, 0.3) is 0 Å². The predicted octanol–water partition coefficient (Wildman–Crippen LogP) is 5.81. The molecule has 1 aliphatic rings. The molecule has 35 heavy (non-hydrogen) atoms. The summed E-state index contributed by atoms with van der Waals surface area (Å²) in [7, 11) is 0. The second kappa shape index (κ2) is 11.2. The lowest BCUT2D eigenvalue weighted by molar-refractivity contribution is 0.337. The van der Waals surface area contributed by atoms with Crippen molar-refractivity contribution < 1.29 is 0 Å². The van der Waals surface area contributed by atoms with Gasteiger partial charge in [0, 0.05) is 18.4 Å². The third-order valence-corrected chi connectivity index (χ3v) is 6.95. The van der Waals surface area contributed by atoms with Gasteiger partial charge >= 0.3 is 0 Å². The number of allylic oxidation sites excluding steroid dienone is 2. The van der Waals surface area contributed by atoms with Gasteiger partial charge < -0.3 is 0 Å². The Morgan fingerprint density at radius 1 is 1.00 bits per heavy atom. The van der Waals surface area contributed by atoms with Gasteiger partial charge in [-0.2, -0.15) is 10.3 Å². The monoisotopic (exact) mass is 467 g/mol. The summed E-state index contributed by atoms with van der Waals surface area (Å²) in [5.41, 5.74) is 4.39. The molecule has 0 amide bonds. The van der Waals surface area contributed by atoms with E-state index in [-0.39, 0.29) is 0 Å². The molecule has 2 aromatic carbocycles. The number of nitrogens with one attached hydrogen (secondary N) is 1. The minimum absolute atomic E-state index is 0.600. The lowest BCUT2D eigenvalue weighted by atomic mass is 9.86. The number of H-pyrrole nitrogens is 1. The van der Waals surface area contributed by atoms with Crippen LogP contribution in [0, 0.1) is 5.92 Å². The van der Waals surface area contributed by atoms with Crippen LogP contribution in [0.4, 0.5) is 0 Å². The van der Waals surface area contributed by atoms with Crippen molar-refractivity contribution >= 4 is 0 Å². The van der Waals surface area contributed by atoms with Crippen molar-refractivity contribution in [1.82, 2.24) is 35.4 Å². The van der Waals surface area contributed by atoms with E-state index in [1.165, 1.54) is 44.1 Å². The highest BCUT2D eigenvalue weighted by molar-refractivity contribution is 5.80. The summed E-state index contributed by atoms with van der Waals surface area (Å²) in [6.07, 6.45) is 14.1. The summed E-state index contributed by atoms with van der Waals surface area (Å²) in [5, 5.41) is 19.4. The number of hydrogen-bond acceptors (Lipinski definition) is 5. The van der Waals surface area contributed by atoms with Gasteiger partial charge in [0.05, 0.1) is 6.54 Å². The molecular weight excluding hydrogens is 434 g/mol. The van der Waals surface area contributed by atoms with E-state index in [0.717, 1.165) is 53.6 Å². The number of aromatic amines is 1. The first kappa shape index (κ1) is 23.1. The van der Waals surface area contributed by atoms with Crippen molar-refractivity contribution in [2.75, 3.05) is 0 Å². The second-order valence-electron chi connectivity index (χ2n) is 9.39. The number of hydrogen-bond donors (Lipinski definition) is 1. The lowest BCUT2D eigenvalue weighted by Crippen LogP contribution is -2.08. The molecule has 7 heteroatoms. The van der Waals surface area contributed by atoms with E-state index in [1.807, 2.05) is 25.1 Å². The largest absolute Gasteiger partial charge is 0.246 e. The fraction of sp³-hybridized carbons (Fsp3) is 0.393. The third kappa shape index (κ3) is 5.73. The molecular formula is C28H33N7. The molecule has 1 fully saturated rings. The normalized spacial score (nSPS) is 14.7. The molecule has 1 N–H and O–H groups in total. The number of aromatic nitrogens is 7. The summed E-state index contributed by atoms with van der Waals surface area (Å²) in [6, 6.07) is 16.8. The first-order valence-corrected chi connectivity index (χ1v) is 12.8. The molecule has 0 atom stereocenters. The van der Waals surface area contributed by atoms with Crippen LogP contribution in [-0.4, -0.2) is 35.4 Å². The van der Waals surface area contributed by atoms with Gasteiger partial charge in [0.15, 0.2) is 5.82 Å². The van der Waals surface area contributed by atoms with Gasteiger partial charge in [-0.05, 0) is 41.2 Å². The van der Waals surface area contributed by atoms with E-state index in [4.69, 9.17) is 10.1 Å². The predicted molar refractivity (Wildman–Crippen MR) is 138 cm³/mol. The lowest BCUT2D eigenvalue weighted by Gasteiger charge is -2.20. The molecule has 0 unspecified atom stereocenters. The van der Waals surface area contributed by atoms with Gasteiger partial charge in [-0.25, -0.2) is 9.67 Å². The Labute approximate surface area is 206 Å². The van der Waals surface area contributed by atoms with Crippen LogP contribution >= 0.6 is 0 Å². The van der Waals surface area contributed by atoms with E-state index in [2.05, 4.69) is 67.8 Å². The maximum atomic E-state index is 4.96. The molecule has 180 valence electrons. The zero-order valence-corrected chi connectivity index (χ0v) is 20.4. The Kier molecular flexibility index (Phi) is 7.41. The van der Waals surface area contributed by atoms with Gasteiger partial charge in [-0.3, -0.25) is 0 Å². The fourth-order valence-corrected chi connectivity index (χ4v) is 5.01. The Balaban J connectivity index is 1.32. The van der Waals surface area contributed by atoms with Crippen LogP contribution in [0.5, 0.6) is 0 Å². The molecule has 2 heterocycles. The first-order valence-electron chi connectivity index (χ1n) is 12.8. The Hall–Kier alpha value is -3.61. The van der Waals surface area contributed by atoms with Crippen molar-refractivity contribution in [3.8, 4) is 22.5 Å². The quantitative estimate of drug-likeness (QED) is 0.314. The van der Waals surface area contributed by atoms with Crippen molar-refractivity contribution in [3.63, 3.8) is 0 Å². The molecule has 5 rings (SSSR count). The Bertz CT molecular complexity index is 1230. The highest BCUT2D eigenvalue weighted by atomic mass is 15.5. The number of benzene rings is 2. The van der Waals surface area contributed by atoms with Crippen molar-refractivity contribution in [3.05, 3.63) is 77.9 Å². The summed E-state index contributed by atoms with van der Waals surface area (Å²) < 4.78 is 2.07. The van der Waals surface area contributed by atoms with Crippen LogP contribution in [0.3, 0.4) is 0 Å². The highest BCUT2D eigenvalue weighted by Crippen LogP contribution is 2.30. The van der Waals surface area contributed by atoms with E-state index in [9.17, 15) is 0 Å². The number of rotatable bonds is 9. The van der Waals surface area contributed by atoms with Crippen molar-refractivity contribution in [1.29, 1.82) is 0 Å². The average Bonchev–Trinajstić information content (AvgIpc) is 3.58. The first-order chi connectivity index (χ1) is 17.3. The van der Waals surface area contributed by atoms with Gasteiger partial charge in [-0.1, -0.05) is 92.8 Å². The maximum Gasteiger partial charge on any atom is 0.205 e.